The van der Waals surface area contributed by atoms with Crippen molar-refractivity contribution in [2.24, 2.45) is 0 Å². The Balaban J connectivity index is 2.52. The van der Waals surface area contributed by atoms with Crippen molar-refractivity contribution in [1.29, 1.82) is 0 Å². The van der Waals surface area contributed by atoms with Gasteiger partial charge in [0, 0.05) is 12.6 Å². The van der Waals surface area contributed by atoms with Crippen molar-refractivity contribution in [2.45, 2.75) is 6.54 Å². The number of rotatable bonds is 3. The van der Waals surface area contributed by atoms with Gasteiger partial charge in [0.15, 0.2) is 0 Å². The molecule has 4 heteroatoms. The Morgan fingerprint density at radius 3 is 3.07 bits per heavy atom. The highest BCUT2D eigenvalue weighted by Crippen LogP contribution is 2.19. The quantitative estimate of drug-likeness (QED) is 0.790. The highest BCUT2D eigenvalue weighted by atomic mass is 16.5. The lowest BCUT2D eigenvalue weighted by Gasteiger charge is -2.02. The molecule has 1 aromatic heterocycles. The Bertz CT molecular complexity index is 437. The second-order valence-electron chi connectivity index (χ2n) is 3.02. The zero-order chi connectivity index (χ0) is 9.97. The van der Waals surface area contributed by atoms with Crippen molar-refractivity contribution >= 4 is 11.0 Å². The largest absolute Gasteiger partial charge is 0.497 e. The fourth-order valence-electron chi connectivity index (χ4n) is 1.45. The minimum Gasteiger partial charge on any atom is -0.497 e. The van der Waals surface area contributed by atoms with E-state index in [1.54, 1.807) is 13.4 Å². The van der Waals surface area contributed by atoms with E-state index in [1.165, 1.54) is 0 Å². The monoisotopic (exact) mass is 192 g/mol. The molecule has 0 bridgehead atoms. The van der Waals surface area contributed by atoms with E-state index in [-0.39, 0.29) is 6.61 Å². The topological polar surface area (TPSA) is 47.3 Å². The zero-order valence-corrected chi connectivity index (χ0v) is 7.97. The number of hydrogen-bond donors (Lipinski definition) is 1. The van der Waals surface area contributed by atoms with Gasteiger partial charge < -0.3 is 14.4 Å². The lowest BCUT2D eigenvalue weighted by atomic mass is 10.3. The van der Waals surface area contributed by atoms with Gasteiger partial charge in [-0.05, 0) is 12.1 Å². The van der Waals surface area contributed by atoms with Crippen molar-refractivity contribution < 1.29 is 9.84 Å². The minimum atomic E-state index is 0.114. The van der Waals surface area contributed by atoms with Crippen LogP contribution in [-0.4, -0.2) is 28.4 Å². The van der Waals surface area contributed by atoms with Gasteiger partial charge in [-0.15, -0.1) is 0 Å². The fourth-order valence-corrected chi connectivity index (χ4v) is 1.45. The number of fused-ring (bicyclic) bond motifs is 1. The van der Waals surface area contributed by atoms with E-state index in [0.717, 1.165) is 16.8 Å². The molecule has 2 aromatic rings. The van der Waals surface area contributed by atoms with E-state index in [0.29, 0.717) is 6.54 Å². The number of ether oxygens (including phenoxy) is 1. The van der Waals surface area contributed by atoms with Crippen LogP contribution in [0.3, 0.4) is 0 Å². The molecule has 0 spiro atoms. The summed E-state index contributed by atoms with van der Waals surface area (Å²) in [5, 5.41) is 8.84. The fraction of sp³-hybridized carbons (Fsp3) is 0.300. The zero-order valence-electron chi connectivity index (χ0n) is 7.97. The van der Waals surface area contributed by atoms with Crippen molar-refractivity contribution in [3.8, 4) is 5.75 Å². The van der Waals surface area contributed by atoms with E-state index >= 15 is 0 Å². The molecule has 1 aromatic carbocycles. The van der Waals surface area contributed by atoms with Crippen LogP contribution >= 0.6 is 0 Å². The van der Waals surface area contributed by atoms with E-state index in [9.17, 15) is 0 Å². The molecule has 0 aliphatic carbocycles. The van der Waals surface area contributed by atoms with E-state index in [2.05, 4.69) is 4.98 Å². The molecule has 0 atom stereocenters. The maximum Gasteiger partial charge on any atom is 0.121 e. The van der Waals surface area contributed by atoms with Crippen LogP contribution in [0.25, 0.3) is 11.0 Å². The molecule has 0 saturated carbocycles. The average molecular weight is 192 g/mol. The minimum absolute atomic E-state index is 0.114. The molecule has 1 heterocycles. The molecule has 0 unspecified atom stereocenters. The third-order valence-electron chi connectivity index (χ3n) is 2.17. The van der Waals surface area contributed by atoms with Crippen LogP contribution in [-0.2, 0) is 6.54 Å². The van der Waals surface area contributed by atoms with Crippen molar-refractivity contribution in [1.82, 2.24) is 9.55 Å². The number of methoxy groups -OCH3 is 1. The van der Waals surface area contributed by atoms with Gasteiger partial charge in [-0.1, -0.05) is 0 Å². The number of aliphatic hydroxyl groups is 1. The summed E-state index contributed by atoms with van der Waals surface area (Å²) >= 11 is 0. The maximum absolute atomic E-state index is 8.84. The van der Waals surface area contributed by atoms with Gasteiger partial charge in [0.2, 0.25) is 0 Å². The number of hydrogen-bond acceptors (Lipinski definition) is 3. The Hall–Kier alpha value is -1.55. The van der Waals surface area contributed by atoms with Crippen LogP contribution in [0.5, 0.6) is 5.75 Å². The highest BCUT2D eigenvalue weighted by Gasteiger charge is 2.02. The van der Waals surface area contributed by atoms with Gasteiger partial charge in [-0.3, -0.25) is 0 Å². The molecule has 4 nitrogen and oxygen atoms in total. The van der Waals surface area contributed by atoms with Crippen LogP contribution in [0.4, 0.5) is 0 Å². The van der Waals surface area contributed by atoms with Gasteiger partial charge in [-0.2, -0.15) is 0 Å². The first-order chi connectivity index (χ1) is 6.85. The summed E-state index contributed by atoms with van der Waals surface area (Å²) in [5.41, 5.74) is 1.90. The molecule has 0 amide bonds. The predicted molar refractivity (Wildman–Crippen MR) is 53.4 cm³/mol. The Labute approximate surface area is 81.8 Å². The van der Waals surface area contributed by atoms with Crippen LogP contribution < -0.4 is 4.74 Å². The second kappa shape index (κ2) is 3.67. The molecule has 0 aliphatic rings. The summed E-state index contributed by atoms with van der Waals surface area (Å²) in [6.45, 7) is 0.673. The summed E-state index contributed by atoms with van der Waals surface area (Å²) < 4.78 is 7.02. The molecule has 0 saturated heterocycles. The predicted octanol–water partition coefficient (Wildman–Crippen LogP) is 1.04. The van der Waals surface area contributed by atoms with Crippen LogP contribution in [0.15, 0.2) is 24.5 Å². The second-order valence-corrected chi connectivity index (χ2v) is 3.02. The first kappa shape index (κ1) is 9.02. The third kappa shape index (κ3) is 1.44. The number of aliphatic hydroxyl groups excluding tert-OH is 1. The molecule has 14 heavy (non-hydrogen) atoms. The lowest BCUT2D eigenvalue weighted by molar-refractivity contribution is 0.277. The van der Waals surface area contributed by atoms with E-state index in [1.807, 2.05) is 22.8 Å². The summed E-state index contributed by atoms with van der Waals surface area (Å²) in [7, 11) is 1.63. The van der Waals surface area contributed by atoms with Crippen molar-refractivity contribution in [3.63, 3.8) is 0 Å². The van der Waals surface area contributed by atoms with E-state index < -0.39 is 0 Å². The molecule has 0 fully saturated rings. The lowest BCUT2D eigenvalue weighted by Crippen LogP contribution is -1.99. The number of nitrogens with zero attached hydrogens (tertiary/aromatic N) is 2. The van der Waals surface area contributed by atoms with Gasteiger partial charge in [0.25, 0.3) is 0 Å². The standard InChI is InChI=1S/C10H12N2O2/c1-14-8-2-3-9-10(6-8)12(4-5-13)7-11-9/h2-3,6-7,13H,4-5H2,1H3. The third-order valence-corrected chi connectivity index (χ3v) is 2.17. The molecular weight excluding hydrogens is 180 g/mol. The Morgan fingerprint density at radius 1 is 1.50 bits per heavy atom. The first-order valence-corrected chi connectivity index (χ1v) is 4.45. The normalized spacial score (nSPS) is 10.7. The molecule has 74 valence electrons. The Morgan fingerprint density at radius 2 is 2.36 bits per heavy atom. The maximum atomic E-state index is 8.84. The number of aromatic nitrogens is 2. The van der Waals surface area contributed by atoms with Gasteiger partial charge in [0.05, 0.1) is 31.1 Å². The molecule has 0 aliphatic heterocycles. The molecule has 2 rings (SSSR count). The van der Waals surface area contributed by atoms with Gasteiger partial charge in [0.1, 0.15) is 5.75 Å². The van der Waals surface area contributed by atoms with Crippen LogP contribution in [0.2, 0.25) is 0 Å². The molecule has 1 N–H and O–H groups in total. The summed E-state index contributed by atoms with van der Waals surface area (Å²) in [6.07, 6.45) is 1.72. The Kier molecular flexibility index (Phi) is 2.37. The number of imidazole rings is 1. The number of benzene rings is 1. The highest BCUT2D eigenvalue weighted by molar-refractivity contribution is 5.76. The smallest absolute Gasteiger partial charge is 0.121 e. The van der Waals surface area contributed by atoms with E-state index in [4.69, 9.17) is 9.84 Å². The van der Waals surface area contributed by atoms with Gasteiger partial charge >= 0.3 is 0 Å². The van der Waals surface area contributed by atoms with Crippen molar-refractivity contribution in [2.75, 3.05) is 13.7 Å². The first-order valence-electron chi connectivity index (χ1n) is 4.45. The average Bonchev–Trinajstić information content (AvgIpc) is 2.61. The van der Waals surface area contributed by atoms with Crippen LogP contribution in [0.1, 0.15) is 0 Å². The summed E-state index contributed by atoms with van der Waals surface area (Å²) in [5.74, 6) is 0.803. The molecule has 0 radical (unpaired) electrons. The van der Waals surface area contributed by atoms with Crippen molar-refractivity contribution in [3.05, 3.63) is 24.5 Å². The van der Waals surface area contributed by atoms with Crippen LogP contribution in [0, 0.1) is 0 Å². The molecular formula is C10H12N2O2. The SMILES string of the molecule is COc1ccc2ncn(CCO)c2c1. The summed E-state index contributed by atoms with van der Waals surface area (Å²) in [4.78, 5) is 4.21. The van der Waals surface area contributed by atoms with Gasteiger partial charge in [-0.25, -0.2) is 4.98 Å². The summed E-state index contributed by atoms with van der Waals surface area (Å²) in [6, 6.07) is 5.69.